The molecule has 0 aliphatic carbocycles. The highest BCUT2D eigenvalue weighted by atomic mass is 35.5. The maximum Gasteiger partial charge on any atom is 0.170 e. The van der Waals surface area contributed by atoms with Gasteiger partial charge in [0.05, 0.1) is 12.2 Å². The number of rotatable bonds is 2. The number of halogens is 2. The van der Waals surface area contributed by atoms with Crippen molar-refractivity contribution < 1.29 is 9.13 Å². The van der Waals surface area contributed by atoms with E-state index >= 15 is 0 Å². The molecule has 1 aromatic carbocycles. The number of benzene rings is 1. The molecule has 0 bridgehead atoms. The summed E-state index contributed by atoms with van der Waals surface area (Å²) in [6.45, 7) is 1.17. The van der Waals surface area contributed by atoms with Gasteiger partial charge in [0.15, 0.2) is 11.6 Å². The number of nitrogens with one attached hydrogen (secondary N) is 2. The number of pyridine rings is 2. The molecule has 134 valence electrons. The lowest BCUT2D eigenvalue weighted by atomic mass is 10.0. The highest BCUT2D eigenvalue weighted by Gasteiger charge is 2.21. The molecule has 0 saturated carbocycles. The van der Waals surface area contributed by atoms with Gasteiger partial charge in [0, 0.05) is 39.5 Å². The summed E-state index contributed by atoms with van der Waals surface area (Å²) < 4.78 is 20.3. The second kappa shape index (κ2) is 6.25. The van der Waals surface area contributed by atoms with E-state index in [2.05, 4.69) is 20.3 Å². The quantitative estimate of drug-likeness (QED) is 0.519. The largest absolute Gasteiger partial charge is 0.487 e. The Kier molecular flexibility index (Phi) is 3.72. The number of aromatic amines is 1. The van der Waals surface area contributed by atoms with Gasteiger partial charge in [-0.1, -0.05) is 11.6 Å². The molecule has 0 saturated heterocycles. The molecule has 5 rings (SSSR count). The molecule has 0 amide bonds. The second-order valence-corrected chi connectivity index (χ2v) is 6.71. The molecular formula is C20H14ClFN4O. The van der Waals surface area contributed by atoms with Crippen molar-refractivity contribution in [2.24, 2.45) is 0 Å². The van der Waals surface area contributed by atoms with Crippen molar-refractivity contribution in [3.63, 3.8) is 0 Å². The highest BCUT2D eigenvalue weighted by Crippen LogP contribution is 2.40. The van der Waals surface area contributed by atoms with Crippen LogP contribution in [0.3, 0.4) is 0 Å². The number of ether oxygens (including phenoxy) is 1. The molecule has 5 nitrogen and oxygen atoms in total. The van der Waals surface area contributed by atoms with Gasteiger partial charge in [-0.05, 0) is 36.4 Å². The van der Waals surface area contributed by atoms with Crippen LogP contribution >= 0.6 is 11.6 Å². The van der Waals surface area contributed by atoms with Crippen LogP contribution in [-0.2, 0) is 0 Å². The van der Waals surface area contributed by atoms with Crippen LogP contribution < -0.4 is 10.1 Å². The number of anilines is 1. The third-order valence-corrected chi connectivity index (χ3v) is 4.76. The SMILES string of the molecule is Fc1ccc(Cl)cc1-c1cc(-c2cnc3[nH]ccc3c2)c2c(n1)NCCO2. The summed E-state index contributed by atoms with van der Waals surface area (Å²) in [5.41, 5.74) is 3.30. The Bertz CT molecular complexity index is 1170. The monoisotopic (exact) mass is 380 g/mol. The smallest absolute Gasteiger partial charge is 0.170 e. The van der Waals surface area contributed by atoms with Crippen molar-refractivity contribution in [2.75, 3.05) is 18.5 Å². The van der Waals surface area contributed by atoms with E-state index in [-0.39, 0.29) is 5.82 Å². The molecular weight excluding hydrogens is 367 g/mol. The average Bonchev–Trinajstić information content (AvgIpc) is 3.17. The lowest BCUT2D eigenvalue weighted by Gasteiger charge is -2.22. The Morgan fingerprint density at radius 3 is 2.96 bits per heavy atom. The number of hydrogen-bond acceptors (Lipinski definition) is 4. The molecule has 2 N–H and O–H groups in total. The Morgan fingerprint density at radius 2 is 2.04 bits per heavy atom. The molecule has 0 radical (unpaired) electrons. The normalized spacial score (nSPS) is 13.1. The van der Waals surface area contributed by atoms with Gasteiger partial charge in [0.1, 0.15) is 18.1 Å². The van der Waals surface area contributed by atoms with E-state index in [1.54, 1.807) is 12.3 Å². The summed E-state index contributed by atoms with van der Waals surface area (Å²) in [5, 5.41) is 4.67. The predicted octanol–water partition coefficient (Wildman–Crippen LogP) is 4.89. The first-order chi connectivity index (χ1) is 13.2. The van der Waals surface area contributed by atoms with E-state index in [1.165, 1.54) is 12.1 Å². The van der Waals surface area contributed by atoms with Gasteiger partial charge in [-0.3, -0.25) is 0 Å². The number of aromatic nitrogens is 3. The van der Waals surface area contributed by atoms with Crippen molar-refractivity contribution in [2.45, 2.75) is 0 Å². The average molecular weight is 381 g/mol. The topological polar surface area (TPSA) is 62.8 Å². The molecule has 27 heavy (non-hydrogen) atoms. The van der Waals surface area contributed by atoms with Crippen molar-refractivity contribution >= 4 is 28.5 Å². The number of fused-ring (bicyclic) bond motifs is 2. The first-order valence-electron chi connectivity index (χ1n) is 8.50. The van der Waals surface area contributed by atoms with E-state index in [0.717, 1.165) is 22.2 Å². The molecule has 0 spiro atoms. The number of hydrogen-bond donors (Lipinski definition) is 2. The van der Waals surface area contributed by atoms with Crippen molar-refractivity contribution in [1.82, 2.24) is 15.0 Å². The molecule has 0 unspecified atom stereocenters. The predicted molar refractivity (Wildman–Crippen MR) is 104 cm³/mol. The lowest BCUT2D eigenvalue weighted by molar-refractivity contribution is 0.323. The summed E-state index contributed by atoms with van der Waals surface area (Å²) in [4.78, 5) is 12.1. The lowest BCUT2D eigenvalue weighted by Crippen LogP contribution is -2.20. The van der Waals surface area contributed by atoms with Crippen LogP contribution in [0.1, 0.15) is 0 Å². The standard InChI is InChI=1S/C20H14ClFN4O/c21-13-1-2-16(22)15(8-13)17-9-14(18-20(26-17)24-5-6-27-18)12-7-11-3-4-23-19(11)25-10-12/h1-4,7-10H,5-6H2,(H,23,25)(H,24,26). The Balaban J connectivity index is 1.75. The Labute approximate surface area is 159 Å². The van der Waals surface area contributed by atoms with E-state index < -0.39 is 0 Å². The Hall–Kier alpha value is -3.12. The van der Waals surface area contributed by atoms with Gasteiger partial charge >= 0.3 is 0 Å². The minimum atomic E-state index is -0.381. The summed E-state index contributed by atoms with van der Waals surface area (Å²) in [5.74, 6) is 0.847. The second-order valence-electron chi connectivity index (χ2n) is 6.27. The molecule has 4 heterocycles. The fraction of sp³-hybridized carbons (Fsp3) is 0.100. The van der Waals surface area contributed by atoms with E-state index in [9.17, 15) is 4.39 Å². The summed E-state index contributed by atoms with van der Waals surface area (Å²) >= 11 is 6.07. The van der Waals surface area contributed by atoms with Crippen LogP contribution in [0.2, 0.25) is 5.02 Å². The van der Waals surface area contributed by atoms with E-state index in [4.69, 9.17) is 16.3 Å². The third-order valence-electron chi connectivity index (χ3n) is 4.53. The summed E-state index contributed by atoms with van der Waals surface area (Å²) in [6.07, 6.45) is 3.61. The maximum absolute atomic E-state index is 14.4. The Morgan fingerprint density at radius 1 is 1.11 bits per heavy atom. The fourth-order valence-electron chi connectivity index (χ4n) is 3.26. The van der Waals surface area contributed by atoms with Gasteiger partial charge < -0.3 is 15.0 Å². The number of H-pyrrole nitrogens is 1. The molecule has 3 aromatic heterocycles. The third kappa shape index (κ3) is 2.78. The van der Waals surface area contributed by atoms with Crippen LogP contribution in [0.4, 0.5) is 10.2 Å². The van der Waals surface area contributed by atoms with Gasteiger partial charge in [-0.15, -0.1) is 0 Å². The van der Waals surface area contributed by atoms with Crippen LogP contribution in [0.5, 0.6) is 5.75 Å². The molecule has 4 aromatic rings. The zero-order chi connectivity index (χ0) is 18.4. The minimum Gasteiger partial charge on any atom is -0.487 e. The zero-order valence-corrected chi connectivity index (χ0v) is 14.8. The van der Waals surface area contributed by atoms with E-state index in [0.29, 0.717) is 41.0 Å². The molecule has 0 atom stereocenters. The van der Waals surface area contributed by atoms with Gasteiger partial charge in [-0.2, -0.15) is 0 Å². The molecule has 1 aliphatic rings. The van der Waals surface area contributed by atoms with Crippen molar-refractivity contribution in [1.29, 1.82) is 0 Å². The fourth-order valence-corrected chi connectivity index (χ4v) is 3.43. The van der Waals surface area contributed by atoms with Gasteiger partial charge in [0.25, 0.3) is 0 Å². The first kappa shape index (κ1) is 16.1. The van der Waals surface area contributed by atoms with Crippen molar-refractivity contribution in [3.8, 4) is 28.1 Å². The molecule has 7 heteroatoms. The number of nitrogens with zero attached hydrogens (tertiary/aromatic N) is 2. The first-order valence-corrected chi connectivity index (χ1v) is 8.87. The zero-order valence-electron chi connectivity index (χ0n) is 14.1. The van der Waals surface area contributed by atoms with Crippen LogP contribution in [-0.4, -0.2) is 28.1 Å². The van der Waals surface area contributed by atoms with Crippen LogP contribution in [0.15, 0.2) is 48.8 Å². The van der Waals surface area contributed by atoms with Crippen molar-refractivity contribution in [3.05, 3.63) is 59.6 Å². The van der Waals surface area contributed by atoms with Crippen LogP contribution in [0, 0.1) is 5.82 Å². The van der Waals surface area contributed by atoms with E-state index in [1.807, 2.05) is 24.4 Å². The highest BCUT2D eigenvalue weighted by molar-refractivity contribution is 6.30. The van der Waals surface area contributed by atoms with Crippen LogP contribution in [0.25, 0.3) is 33.4 Å². The molecule has 1 aliphatic heterocycles. The summed E-state index contributed by atoms with van der Waals surface area (Å²) in [7, 11) is 0. The molecule has 0 fully saturated rings. The summed E-state index contributed by atoms with van der Waals surface area (Å²) in [6, 6.07) is 10.2. The van der Waals surface area contributed by atoms with Gasteiger partial charge in [-0.25, -0.2) is 14.4 Å². The maximum atomic E-state index is 14.4. The van der Waals surface area contributed by atoms with Gasteiger partial charge in [0.2, 0.25) is 0 Å². The minimum absolute atomic E-state index is 0.342.